The van der Waals surface area contributed by atoms with Crippen molar-refractivity contribution in [2.24, 2.45) is 0 Å². The minimum absolute atomic E-state index is 0.0513. The van der Waals surface area contributed by atoms with Crippen LogP contribution in [0.4, 0.5) is 0 Å². The van der Waals surface area contributed by atoms with Gasteiger partial charge >= 0.3 is 0 Å². The molecule has 4 heteroatoms. The van der Waals surface area contributed by atoms with Crippen LogP contribution in [-0.2, 0) is 9.47 Å². The number of hydrogen-bond acceptors (Lipinski definition) is 4. The first kappa shape index (κ1) is 13.9. The van der Waals surface area contributed by atoms with E-state index in [1.807, 2.05) is 0 Å². The molecule has 0 saturated carbocycles. The highest BCUT2D eigenvalue weighted by atomic mass is 16.5. The van der Waals surface area contributed by atoms with Gasteiger partial charge in [-0.05, 0) is 19.3 Å². The smallest absolute Gasteiger partial charge is 0.0638 e. The van der Waals surface area contributed by atoms with E-state index in [0.717, 1.165) is 25.9 Å². The largest absolute Gasteiger partial charge is 0.395 e. The maximum atomic E-state index is 9.18. The molecule has 3 atom stereocenters. The molecule has 1 saturated heterocycles. The molecule has 1 heterocycles. The van der Waals surface area contributed by atoms with E-state index in [9.17, 15) is 5.11 Å². The van der Waals surface area contributed by atoms with Crippen molar-refractivity contribution < 1.29 is 14.6 Å². The number of aliphatic hydroxyl groups is 1. The van der Waals surface area contributed by atoms with E-state index in [2.05, 4.69) is 12.2 Å². The van der Waals surface area contributed by atoms with Gasteiger partial charge in [-0.3, -0.25) is 0 Å². The monoisotopic (exact) mass is 231 g/mol. The summed E-state index contributed by atoms with van der Waals surface area (Å²) in [5.41, 5.74) is 0. The molecule has 0 aliphatic carbocycles. The quantitative estimate of drug-likeness (QED) is 0.684. The lowest BCUT2D eigenvalue weighted by atomic mass is 9.99. The van der Waals surface area contributed by atoms with E-state index in [1.165, 1.54) is 6.42 Å². The number of nitrogens with one attached hydrogen (secondary N) is 1. The Morgan fingerprint density at radius 2 is 2.38 bits per heavy atom. The van der Waals surface area contributed by atoms with Crippen molar-refractivity contribution in [1.82, 2.24) is 5.32 Å². The lowest BCUT2D eigenvalue weighted by Gasteiger charge is -2.32. The van der Waals surface area contributed by atoms with E-state index in [-0.39, 0.29) is 12.6 Å². The highest BCUT2D eigenvalue weighted by molar-refractivity contribution is 4.80. The second-order valence-corrected chi connectivity index (χ2v) is 4.50. The molecular formula is C12H25NO3. The van der Waals surface area contributed by atoms with Crippen LogP contribution in [0.25, 0.3) is 0 Å². The number of methoxy groups -OCH3 is 1. The molecule has 0 bridgehead atoms. The average Bonchev–Trinajstić information content (AvgIpc) is 2.29. The molecule has 1 aliphatic heterocycles. The Kier molecular flexibility index (Phi) is 6.96. The molecule has 3 unspecified atom stereocenters. The maximum absolute atomic E-state index is 9.18. The molecular weight excluding hydrogens is 206 g/mol. The van der Waals surface area contributed by atoms with Crippen molar-refractivity contribution in [3.05, 3.63) is 0 Å². The van der Waals surface area contributed by atoms with E-state index >= 15 is 0 Å². The fourth-order valence-electron chi connectivity index (χ4n) is 2.24. The van der Waals surface area contributed by atoms with Crippen LogP contribution in [0.2, 0.25) is 0 Å². The van der Waals surface area contributed by atoms with Gasteiger partial charge in [-0.2, -0.15) is 0 Å². The van der Waals surface area contributed by atoms with Gasteiger partial charge in [0.25, 0.3) is 0 Å². The van der Waals surface area contributed by atoms with Crippen LogP contribution in [0.1, 0.15) is 32.6 Å². The summed E-state index contributed by atoms with van der Waals surface area (Å²) in [5, 5.41) is 12.6. The van der Waals surface area contributed by atoms with Gasteiger partial charge in [-0.1, -0.05) is 13.3 Å². The zero-order valence-corrected chi connectivity index (χ0v) is 10.4. The molecule has 4 nitrogen and oxygen atoms in total. The Bertz CT molecular complexity index is 176. The van der Waals surface area contributed by atoms with E-state index in [0.29, 0.717) is 18.8 Å². The Labute approximate surface area is 98.3 Å². The third-order valence-electron chi connectivity index (χ3n) is 3.04. The van der Waals surface area contributed by atoms with Crippen molar-refractivity contribution in [3.63, 3.8) is 0 Å². The molecule has 2 N–H and O–H groups in total. The summed E-state index contributed by atoms with van der Waals surface area (Å²) in [5.74, 6) is 0. The van der Waals surface area contributed by atoms with E-state index in [1.54, 1.807) is 7.11 Å². The summed E-state index contributed by atoms with van der Waals surface area (Å²) in [6.45, 7) is 3.70. The molecule has 16 heavy (non-hydrogen) atoms. The molecule has 0 radical (unpaired) electrons. The Balaban J connectivity index is 2.29. The van der Waals surface area contributed by atoms with Crippen LogP contribution >= 0.6 is 0 Å². The predicted molar refractivity (Wildman–Crippen MR) is 63.6 cm³/mol. The van der Waals surface area contributed by atoms with Gasteiger partial charge in [0, 0.05) is 19.8 Å². The predicted octanol–water partition coefficient (Wildman–Crippen LogP) is 0.931. The maximum Gasteiger partial charge on any atom is 0.0638 e. The highest BCUT2D eigenvalue weighted by Gasteiger charge is 2.23. The zero-order valence-electron chi connectivity index (χ0n) is 10.4. The van der Waals surface area contributed by atoms with Crippen molar-refractivity contribution in [1.29, 1.82) is 0 Å². The minimum Gasteiger partial charge on any atom is -0.395 e. The van der Waals surface area contributed by atoms with Crippen molar-refractivity contribution in [3.8, 4) is 0 Å². The second-order valence-electron chi connectivity index (χ2n) is 4.50. The molecule has 1 aliphatic rings. The van der Waals surface area contributed by atoms with E-state index in [4.69, 9.17) is 9.47 Å². The summed E-state index contributed by atoms with van der Waals surface area (Å²) < 4.78 is 10.7. The van der Waals surface area contributed by atoms with E-state index < -0.39 is 0 Å². The van der Waals surface area contributed by atoms with Crippen molar-refractivity contribution in [2.45, 2.75) is 50.8 Å². The molecule has 0 amide bonds. The van der Waals surface area contributed by atoms with Crippen LogP contribution < -0.4 is 5.32 Å². The van der Waals surface area contributed by atoms with Gasteiger partial charge in [0.05, 0.1) is 25.4 Å². The van der Waals surface area contributed by atoms with Crippen molar-refractivity contribution in [2.75, 3.05) is 26.9 Å². The summed E-state index contributed by atoms with van der Waals surface area (Å²) >= 11 is 0. The SMILES string of the molecule is CCCC1CC(NC(CO)COC)CCO1. The normalized spacial score (nSPS) is 27.9. The fraction of sp³-hybridized carbons (Fsp3) is 1.00. The minimum atomic E-state index is 0.0513. The van der Waals surface area contributed by atoms with Gasteiger partial charge in [0.15, 0.2) is 0 Å². The first-order valence-corrected chi connectivity index (χ1v) is 6.27. The fourth-order valence-corrected chi connectivity index (χ4v) is 2.24. The van der Waals surface area contributed by atoms with Crippen molar-refractivity contribution >= 4 is 0 Å². The Morgan fingerprint density at radius 1 is 1.56 bits per heavy atom. The first-order chi connectivity index (χ1) is 7.80. The second kappa shape index (κ2) is 8.01. The van der Waals surface area contributed by atoms with Gasteiger partial charge in [0.2, 0.25) is 0 Å². The van der Waals surface area contributed by atoms with Crippen LogP contribution in [0.15, 0.2) is 0 Å². The van der Waals surface area contributed by atoms with Gasteiger partial charge in [0.1, 0.15) is 0 Å². The molecule has 1 fully saturated rings. The third kappa shape index (κ3) is 4.78. The number of hydrogen-bond donors (Lipinski definition) is 2. The first-order valence-electron chi connectivity index (χ1n) is 6.27. The zero-order chi connectivity index (χ0) is 11.8. The van der Waals surface area contributed by atoms with Gasteiger partial charge in [-0.25, -0.2) is 0 Å². The van der Waals surface area contributed by atoms with Gasteiger partial charge in [-0.15, -0.1) is 0 Å². The van der Waals surface area contributed by atoms with Crippen LogP contribution in [-0.4, -0.2) is 50.2 Å². The highest BCUT2D eigenvalue weighted by Crippen LogP contribution is 2.18. The van der Waals surface area contributed by atoms with Crippen LogP contribution in [0.5, 0.6) is 0 Å². The Morgan fingerprint density at radius 3 is 3.00 bits per heavy atom. The molecule has 1 rings (SSSR count). The lowest BCUT2D eigenvalue weighted by Crippen LogP contribution is -2.47. The molecule has 96 valence electrons. The van der Waals surface area contributed by atoms with Gasteiger partial charge < -0.3 is 19.9 Å². The number of aliphatic hydroxyl groups excluding tert-OH is 1. The third-order valence-corrected chi connectivity index (χ3v) is 3.04. The molecule has 0 aromatic heterocycles. The lowest BCUT2D eigenvalue weighted by molar-refractivity contribution is -0.00887. The summed E-state index contributed by atoms with van der Waals surface area (Å²) in [7, 11) is 1.66. The average molecular weight is 231 g/mol. The molecule has 0 aromatic carbocycles. The van der Waals surface area contributed by atoms with Crippen LogP contribution in [0.3, 0.4) is 0 Å². The number of ether oxygens (including phenoxy) is 2. The Hall–Kier alpha value is -0.160. The van der Waals surface area contributed by atoms with Crippen LogP contribution in [0, 0.1) is 0 Å². The summed E-state index contributed by atoms with van der Waals surface area (Å²) in [4.78, 5) is 0. The standard InChI is InChI=1S/C12H25NO3/c1-3-4-12-7-10(5-6-16-12)13-11(8-14)9-15-2/h10-14H,3-9H2,1-2H3. The topological polar surface area (TPSA) is 50.7 Å². The number of rotatable bonds is 7. The molecule has 0 aromatic rings. The summed E-state index contributed by atoms with van der Waals surface area (Å²) in [6.07, 6.45) is 4.76. The summed E-state index contributed by atoms with van der Waals surface area (Å²) in [6, 6.07) is 0.507. The molecule has 0 spiro atoms.